The van der Waals surface area contributed by atoms with E-state index in [1.54, 1.807) is 0 Å². The Bertz CT molecular complexity index is 979. The summed E-state index contributed by atoms with van der Waals surface area (Å²) in [6.07, 6.45) is 1.81. The van der Waals surface area contributed by atoms with Gasteiger partial charge in [-0.25, -0.2) is 0 Å². The van der Waals surface area contributed by atoms with Crippen LogP contribution in [0.3, 0.4) is 0 Å². The Morgan fingerprint density at radius 3 is 2.50 bits per heavy atom. The second-order valence-electron chi connectivity index (χ2n) is 6.76. The third kappa shape index (κ3) is 4.00. The van der Waals surface area contributed by atoms with Crippen molar-refractivity contribution in [2.24, 2.45) is 0 Å². The lowest BCUT2D eigenvalue weighted by Crippen LogP contribution is -2.36. The van der Waals surface area contributed by atoms with Crippen LogP contribution < -0.4 is 5.32 Å². The van der Waals surface area contributed by atoms with Gasteiger partial charge in [0.05, 0.1) is 5.75 Å². The van der Waals surface area contributed by atoms with Gasteiger partial charge in [0, 0.05) is 22.6 Å². The molecule has 0 spiro atoms. The Morgan fingerprint density at radius 1 is 1.14 bits per heavy atom. The van der Waals surface area contributed by atoms with Gasteiger partial charge in [-0.2, -0.15) is 0 Å². The van der Waals surface area contributed by atoms with Gasteiger partial charge in [-0.3, -0.25) is 4.79 Å². The molecule has 0 atom stereocenters. The van der Waals surface area contributed by atoms with Crippen LogP contribution in [-0.4, -0.2) is 32.5 Å². The van der Waals surface area contributed by atoms with Gasteiger partial charge in [-0.15, -0.1) is 10.2 Å². The summed E-state index contributed by atoms with van der Waals surface area (Å²) in [5.74, 6) is 1.18. The molecule has 2 aromatic carbocycles. The molecule has 1 aromatic heterocycles. The zero-order valence-electron chi connectivity index (χ0n) is 15.6. The molecule has 28 heavy (non-hydrogen) atoms. The zero-order chi connectivity index (χ0) is 19.5. The number of nitrogens with zero attached hydrogens (tertiary/aromatic N) is 3. The number of nitrogens with one attached hydrogen (secondary N) is 1. The molecule has 0 radical (unpaired) electrons. The SMILES string of the molecule is CCn1c(SCC(=O)NC2Cc3ccccc3C2)nnc1-c1ccccc1Br. The van der Waals surface area contributed by atoms with Crippen LogP contribution in [0.2, 0.25) is 0 Å². The van der Waals surface area contributed by atoms with Crippen molar-refractivity contribution in [3.63, 3.8) is 0 Å². The van der Waals surface area contributed by atoms with E-state index in [0.29, 0.717) is 5.75 Å². The quantitative estimate of drug-likeness (QED) is 0.567. The molecule has 7 heteroatoms. The molecular weight excluding hydrogens is 436 g/mol. The highest BCUT2D eigenvalue weighted by Crippen LogP contribution is 2.29. The molecule has 1 amide bonds. The minimum absolute atomic E-state index is 0.0379. The number of thioether (sulfide) groups is 1. The van der Waals surface area contributed by atoms with Crippen molar-refractivity contribution in [2.75, 3.05) is 5.75 Å². The Balaban J connectivity index is 1.39. The summed E-state index contributed by atoms with van der Waals surface area (Å²) in [6.45, 7) is 2.80. The molecule has 1 aliphatic rings. The fourth-order valence-electron chi connectivity index (χ4n) is 3.58. The maximum atomic E-state index is 12.5. The maximum Gasteiger partial charge on any atom is 0.230 e. The van der Waals surface area contributed by atoms with Gasteiger partial charge in [-0.1, -0.05) is 70.2 Å². The number of aromatic nitrogens is 3. The van der Waals surface area contributed by atoms with Gasteiger partial charge in [0.2, 0.25) is 5.91 Å². The fourth-order valence-corrected chi connectivity index (χ4v) is 4.86. The highest BCUT2D eigenvalue weighted by molar-refractivity contribution is 9.10. The summed E-state index contributed by atoms with van der Waals surface area (Å²) in [7, 11) is 0. The third-order valence-electron chi connectivity index (χ3n) is 4.90. The summed E-state index contributed by atoms with van der Waals surface area (Å²) in [5.41, 5.74) is 3.67. The first kappa shape index (κ1) is 19.2. The van der Waals surface area contributed by atoms with Crippen molar-refractivity contribution in [1.29, 1.82) is 0 Å². The number of halogens is 1. The van der Waals surface area contributed by atoms with Crippen molar-refractivity contribution < 1.29 is 4.79 Å². The van der Waals surface area contributed by atoms with Crippen molar-refractivity contribution in [3.05, 3.63) is 64.1 Å². The van der Waals surface area contributed by atoms with Gasteiger partial charge in [0.25, 0.3) is 0 Å². The standard InChI is InChI=1S/C21H21BrN4OS/c1-2-26-20(17-9-5-6-10-18(17)22)24-25-21(26)28-13-19(27)23-16-11-14-7-3-4-8-15(14)12-16/h3-10,16H,2,11-13H2,1H3,(H,23,27). The number of fused-ring (bicyclic) bond motifs is 1. The van der Waals surface area contributed by atoms with Gasteiger partial charge in [0.1, 0.15) is 0 Å². The zero-order valence-corrected chi connectivity index (χ0v) is 18.0. The van der Waals surface area contributed by atoms with Crippen LogP contribution in [0.1, 0.15) is 18.1 Å². The molecular formula is C21H21BrN4OS. The predicted molar refractivity (Wildman–Crippen MR) is 115 cm³/mol. The van der Waals surface area contributed by atoms with Gasteiger partial charge >= 0.3 is 0 Å². The van der Waals surface area contributed by atoms with Crippen LogP contribution >= 0.6 is 27.7 Å². The van der Waals surface area contributed by atoms with Crippen molar-refractivity contribution >= 4 is 33.6 Å². The van der Waals surface area contributed by atoms with E-state index >= 15 is 0 Å². The molecule has 144 valence electrons. The average Bonchev–Trinajstić information content (AvgIpc) is 3.29. The Hall–Kier alpha value is -2.12. The van der Waals surface area contributed by atoms with E-state index in [0.717, 1.165) is 40.4 Å². The summed E-state index contributed by atoms with van der Waals surface area (Å²) < 4.78 is 3.02. The largest absolute Gasteiger partial charge is 0.352 e. The first-order valence-corrected chi connectivity index (χ1v) is 11.1. The lowest BCUT2D eigenvalue weighted by molar-refractivity contribution is -0.119. The summed E-state index contributed by atoms with van der Waals surface area (Å²) >= 11 is 5.01. The Labute approximate surface area is 177 Å². The molecule has 0 fully saturated rings. The number of amides is 1. The second kappa shape index (κ2) is 8.49. The molecule has 5 nitrogen and oxygen atoms in total. The number of carbonyl (C=O) groups is 1. The lowest BCUT2D eigenvalue weighted by atomic mass is 10.1. The number of carbonyl (C=O) groups excluding carboxylic acids is 1. The van der Waals surface area contributed by atoms with Crippen LogP contribution in [0.25, 0.3) is 11.4 Å². The van der Waals surface area contributed by atoms with E-state index < -0.39 is 0 Å². The monoisotopic (exact) mass is 456 g/mol. The minimum atomic E-state index is 0.0379. The number of hydrogen-bond donors (Lipinski definition) is 1. The highest BCUT2D eigenvalue weighted by atomic mass is 79.9. The fraction of sp³-hybridized carbons (Fsp3) is 0.286. The van der Waals surface area contributed by atoms with Crippen molar-refractivity contribution in [3.8, 4) is 11.4 Å². The van der Waals surface area contributed by atoms with Crippen molar-refractivity contribution in [2.45, 2.75) is 37.5 Å². The van der Waals surface area contributed by atoms with E-state index in [-0.39, 0.29) is 11.9 Å². The molecule has 0 unspecified atom stereocenters. The van der Waals surface area contributed by atoms with E-state index in [1.165, 1.54) is 22.9 Å². The van der Waals surface area contributed by atoms with Crippen LogP contribution in [0, 0.1) is 0 Å². The van der Waals surface area contributed by atoms with Crippen LogP contribution in [0.5, 0.6) is 0 Å². The number of rotatable bonds is 6. The molecule has 1 heterocycles. The molecule has 1 aliphatic carbocycles. The molecule has 0 saturated heterocycles. The second-order valence-corrected chi connectivity index (χ2v) is 8.56. The smallest absolute Gasteiger partial charge is 0.230 e. The maximum absolute atomic E-state index is 12.5. The molecule has 3 aromatic rings. The van der Waals surface area contributed by atoms with E-state index in [4.69, 9.17) is 0 Å². The van der Waals surface area contributed by atoms with Gasteiger partial charge in [0.15, 0.2) is 11.0 Å². The summed E-state index contributed by atoms with van der Waals surface area (Å²) in [5, 5.41) is 12.6. The normalized spacial score (nSPS) is 13.5. The number of hydrogen-bond acceptors (Lipinski definition) is 4. The molecule has 0 saturated carbocycles. The predicted octanol–water partition coefficient (Wildman–Crippen LogP) is 4.10. The average molecular weight is 457 g/mol. The van der Waals surface area contributed by atoms with Gasteiger partial charge in [-0.05, 0) is 37.0 Å². The molecule has 1 N–H and O–H groups in total. The Kier molecular flexibility index (Phi) is 5.82. The van der Waals surface area contributed by atoms with E-state index in [9.17, 15) is 4.79 Å². The van der Waals surface area contributed by atoms with E-state index in [1.807, 2.05) is 28.8 Å². The van der Waals surface area contributed by atoms with Crippen LogP contribution in [0.15, 0.2) is 58.2 Å². The van der Waals surface area contributed by atoms with Crippen LogP contribution in [-0.2, 0) is 24.2 Å². The number of benzene rings is 2. The van der Waals surface area contributed by atoms with Gasteiger partial charge < -0.3 is 9.88 Å². The third-order valence-corrected chi connectivity index (χ3v) is 6.55. The molecule has 0 aliphatic heterocycles. The highest BCUT2D eigenvalue weighted by Gasteiger charge is 2.23. The first-order chi connectivity index (χ1) is 13.7. The summed E-state index contributed by atoms with van der Waals surface area (Å²) in [4.78, 5) is 12.5. The topological polar surface area (TPSA) is 59.8 Å². The lowest BCUT2D eigenvalue weighted by Gasteiger charge is -2.12. The summed E-state index contributed by atoms with van der Waals surface area (Å²) in [6, 6.07) is 16.5. The van der Waals surface area contributed by atoms with E-state index in [2.05, 4.69) is 62.6 Å². The first-order valence-electron chi connectivity index (χ1n) is 9.32. The molecule has 4 rings (SSSR count). The molecule has 0 bridgehead atoms. The van der Waals surface area contributed by atoms with Crippen LogP contribution in [0.4, 0.5) is 0 Å². The Morgan fingerprint density at radius 2 is 1.82 bits per heavy atom. The minimum Gasteiger partial charge on any atom is -0.352 e. The van der Waals surface area contributed by atoms with Crippen molar-refractivity contribution in [1.82, 2.24) is 20.1 Å².